The van der Waals surface area contributed by atoms with Gasteiger partial charge in [-0.05, 0) is 44.0 Å². The van der Waals surface area contributed by atoms with Crippen molar-refractivity contribution in [3.05, 3.63) is 29.3 Å². The number of carbonyl (C=O) groups is 1. The lowest BCUT2D eigenvalue weighted by Gasteiger charge is -2.25. The normalized spacial score (nSPS) is 16.6. The van der Waals surface area contributed by atoms with E-state index in [0.29, 0.717) is 6.04 Å². The molecule has 1 atom stereocenters. The van der Waals surface area contributed by atoms with Crippen LogP contribution >= 0.6 is 23.4 Å². The van der Waals surface area contributed by atoms with Crippen molar-refractivity contribution in [1.29, 1.82) is 0 Å². The van der Waals surface area contributed by atoms with Gasteiger partial charge in [0.2, 0.25) is 0 Å². The topological polar surface area (TPSA) is 40.5 Å². The molecule has 0 aromatic heterocycles. The van der Waals surface area contributed by atoms with Gasteiger partial charge in [-0.15, -0.1) is 11.8 Å². The van der Waals surface area contributed by atoms with Crippen LogP contribution in [0.4, 0.5) is 0 Å². The Morgan fingerprint density at radius 3 is 2.63 bits per heavy atom. The minimum atomic E-state index is -0.733. The average molecular weight is 300 g/mol. The van der Waals surface area contributed by atoms with Crippen molar-refractivity contribution in [2.24, 2.45) is 0 Å². The summed E-state index contributed by atoms with van der Waals surface area (Å²) in [6.45, 7) is 2.58. The average Bonchev–Trinajstić information content (AvgIpc) is 3.20. The Balaban J connectivity index is 1.82. The molecule has 1 aromatic carbocycles. The van der Waals surface area contributed by atoms with Crippen LogP contribution in [0.1, 0.15) is 19.8 Å². The fourth-order valence-corrected chi connectivity index (χ4v) is 3.03. The van der Waals surface area contributed by atoms with Gasteiger partial charge in [-0.1, -0.05) is 11.6 Å². The van der Waals surface area contributed by atoms with E-state index in [1.54, 1.807) is 18.7 Å². The van der Waals surface area contributed by atoms with Gasteiger partial charge in [0.25, 0.3) is 0 Å². The van der Waals surface area contributed by atoms with Gasteiger partial charge in [-0.3, -0.25) is 9.69 Å². The van der Waals surface area contributed by atoms with Gasteiger partial charge in [0.15, 0.2) is 0 Å². The molecular weight excluding hydrogens is 282 g/mol. The monoisotopic (exact) mass is 299 g/mol. The number of benzene rings is 1. The molecule has 0 bridgehead atoms. The highest BCUT2D eigenvalue weighted by atomic mass is 35.5. The van der Waals surface area contributed by atoms with Crippen LogP contribution in [0.3, 0.4) is 0 Å². The molecule has 1 unspecified atom stereocenters. The number of carboxylic acid groups (broad SMARTS) is 1. The quantitative estimate of drug-likeness (QED) is 0.784. The number of rotatable bonds is 7. The van der Waals surface area contributed by atoms with Crippen LogP contribution in [0, 0.1) is 0 Å². The highest BCUT2D eigenvalue weighted by molar-refractivity contribution is 7.99. The predicted molar refractivity (Wildman–Crippen MR) is 79.0 cm³/mol. The number of hydrogen-bond acceptors (Lipinski definition) is 3. The summed E-state index contributed by atoms with van der Waals surface area (Å²) in [6.07, 6.45) is 2.26. The highest BCUT2D eigenvalue weighted by Gasteiger charge is 2.34. The Bertz CT molecular complexity index is 434. The fourth-order valence-electron chi connectivity index (χ4n) is 2.04. The van der Waals surface area contributed by atoms with Crippen molar-refractivity contribution >= 4 is 29.3 Å². The summed E-state index contributed by atoms with van der Waals surface area (Å²) in [5, 5.41) is 9.85. The summed E-state index contributed by atoms with van der Waals surface area (Å²) >= 11 is 7.58. The Labute approximate surface area is 122 Å². The first kappa shape index (κ1) is 14.7. The fraction of sp³-hybridized carbons (Fsp3) is 0.500. The first-order valence-corrected chi connectivity index (χ1v) is 7.81. The van der Waals surface area contributed by atoms with Crippen molar-refractivity contribution in [3.63, 3.8) is 0 Å². The summed E-state index contributed by atoms with van der Waals surface area (Å²) in [6, 6.07) is 7.82. The molecule has 1 fully saturated rings. The lowest BCUT2D eigenvalue weighted by molar-refractivity contribution is -0.142. The van der Waals surface area contributed by atoms with Crippen LogP contribution in [0.15, 0.2) is 29.2 Å². The molecule has 1 saturated carbocycles. The van der Waals surface area contributed by atoms with Crippen molar-refractivity contribution in [3.8, 4) is 0 Å². The molecule has 2 rings (SSSR count). The molecular formula is C14H18ClNO2S. The van der Waals surface area contributed by atoms with Crippen LogP contribution in [0.2, 0.25) is 5.02 Å². The molecule has 19 heavy (non-hydrogen) atoms. The molecule has 3 nitrogen and oxygen atoms in total. The van der Waals surface area contributed by atoms with Gasteiger partial charge < -0.3 is 5.11 Å². The Morgan fingerprint density at radius 1 is 1.47 bits per heavy atom. The summed E-state index contributed by atoms with van der Waals surface area (Å²) in [7, 11) is 0. The first-order valence-electron chi connectivity index (χ1n) is 6.45. The Morgan fingerprint density at radius 2 is 2.11 bits per heavy atom. The van der Waals surface area contributed by atoms with E-state index in [-0.39, 0.29) is 0 Å². The molecule has 0 heterocycles. The second-order valence-electron chi connectivity index (χ2n) is 4.79. The maximum atomic E-state index is 11.1. The van der Waals surface area contributed by atoms with Crippen LogP contribution in [0.25, 0.3) is 0 Å². The highest BCUT2D eigenvalue weighted by Crippen LogP contribution is 2.29. The zero-order chi connectivity index (χ0) is 13.8. The number of halogens is 1. The number of aliphatic carboxylic acids is 1. The van der Waals surface area contributed by atoms with Gasteiger partial charge in [0, 0.05) is 28.3 Å². The van der Waals surface area contributed by atoms with Gasteiger partial charge >= 0.3 is 5.97 Å². The molecule has 1 aromatic rings. The van der Waals surface area contributed by atoms with Crippen molar-refractivity contribution in [1.82, 2.24) is 4.90 Å². The molecule has 0 amide bonds. The van der Waals surface area contributed by atoms with E-state index in [2.05, 4.69) is 4.90 Å². The second kappa shape index (κ2) is 6.64. The zero-order valence-corrected chi connectivity index (χ0v) is 12.5. The lowest BCUT2D eigenvalue weighted by Crippen LogP contribution is -2.41. The molecule has 0 spiro atoms. The largest absolute Gasteiger partial charge is 0.480 e. The van der Waals surface area contributed by atoms with Gasteiger partial charge in [-0.2, -0.15) is 0 Å². The minimum Gasteiger partial charge on any atom is -0.480 e. The van der Waals surface area contributed by atoms with E-state index in [9.17, 15) is 4.79 Å². The molecule has 1 aliphatic rings. The zero-order valence-electron chi connectivity index (χ0n) is 10.9. The summed E-state index contributed by atoms with van der Waals surface area (Å²) in [4.78, 5) is 14.4. The van der Waals surface area contributed by atoms with E-state index in [4.69, 9.17) is 16.7 Å². The second-order valence-corrected chi connectivity index (χ2v) is 6.39. The Kier molecular flexibility index (Phi) is 5.13. The van der Waals surface area contributed by atoms with Crippen LogP contribution in [-0.4, -0.2) is 40.4 Å². The third-order valence-corrected chi connectivity index (χ3v) is 4.55. The van der Waals surface area contributed by atoms with Crippen LogP contribution in [-0.2, 0) is 4.79 Å². The first-order chi connectivity index (χ1) is 9.08. The van der Waals surface area contributed by atoms with Crippen molar-refractivity contribution in [2.75, 3.05) is 12.3 Å². The predicted octanol–water partition coefficient (Wildman–Crippen LogP) is 3.37. The summed E-state index contributed by atoms with van der Waals surface area (Å²) < 4.78 is 0. The van der Waals surface area contributed by atoms with E-state index in [1.807, 2.05) is 24.3 Å². The lowest BCUT2D eigenvalue weighted by atomic mass is 10.3. The van der Waals surface area contributed by atoms with Gasteiger partial charge in [-0.25, -0.2) is 0 Å². The smallest absolute Gasteiger partial charge is 0.320 e. The number of carboxylic acids is 1. The van der Waals surface area contributed by atoms with Crippen LogP contribution in [0.5, 0.6) is 0 Å². The molecule has 0 saturated heterocycles. The number of nitrogens with zero attached hydrogens (tertiary/aromatic N) is 1. The van der Waals surface area contributed by atoms with Gasteiger partial charge in [0.05, 0.1) is 0 Å². The third kappa shape index (κ3) is 4.41. The number of hydrogen-bond donors (Lipinski definition) is 1. The summed E-state index contributed by atoms with van der Waals surface area (Å²) in [5.74, 6) is 0.166. The maximum Gasteiger partial charge on any atom is 0.320 e. The van der Waals surface area contributed by atoms with Crippen molar-refractivity contribution in [2.45, 2.75) is 36.7 Å². The van der Waals surface area contributed by atoms with E-state index in [1.165, 1.54) is 4.90 Å². The van der Waals surface area contributed by atoms with E-state index >= 15 is 0 Å². The molecule has 104 valence electrons. The molecule has 0 radical (unpaired) electrons. The van der Waals surface area contributed by atoms with Gasteiger partial charge in [0.1, 0.15) is 6.04 Å². The van der Waals surface area contributed by atoms with Crippen LogP contribution < -0.4 is 0 Å². The molecule has 1 N–H and O–H groups in total. The van der Waals surface area contributed by atoms with Crippen molar-refractivity contribution < 1.29 is 9.90 Å². The van der Waals surface area contributed by atoms with E-state index in [0.717, 1.165) is 30.2 Å². The third-order valence-electron chi connectivity index (χ3n) is 3.30. The molecule has 5 heteroatoms. The SMILES string of the molecule is CC(C(=O)O)N(CCSc1ccc(Cl)cc1)C1CC1. The Hall–Kier alpha value is -0.710. The molecule has 1 aliphatic carbocycles. The minimum absolute atomic E-state index is 0.390. The standard InChI is InChI=1S/C14H18ClNO2S/c1-10(14(17)18)16(12-4-5-12)8-9-19-13-6-2-11(15)3-7-13/h2-3,6-7,10,12H,4-5,8-9H2,1H3,(H,17,18). The van der Waals surface area contributed by atoms with E-state index < -0.39 is 12.0 Å². The summed E-state index contributed by atoms with van der Waals surface area (Å²) in [5.41, 5.74) is 0. The maximum absolute atomic E-state index is 11.1. The molecule has 0 aliphatic heterocycles. The number of thioether (sulfide) groups is 1.